The first kappa shape index (κ1) is 12.1. The minimum atomic E-state index is -0.238. The van der Waals surface area contributed by atoms with Crippen LogP contribution in [-0.4, -0.2) is 17.8 Å². The van der Waals surface area contributed by atoms with Crippen LogP contribution in [0.4, 0.5) is 4.39 Å². The monoisotopic (exact) mass is 211 g/mol. The fourth-order valence-electron chi connectivity index (χ4n) is 1.67. The molecule has 0 radical (unpaired) electrons. The fourth-order valence-corrected chi connectivity index (χ4v) is 1.67. The number of hydrogen-bond donors (Lipinski definition) is 2. The van der Waals surface area contributed by atoms with E-state index in [0.717, 1.165) is 11.1 Å². The molecule has 0 aliphatic heterocycles. The molecule has 1 rings (SSSR count). The Morgan fingerprint density at radius 1 is 1.40 bits per heavy atom. The van der Waals surface area contributed by atoms with Crippen molar-refractivity contribution >= 4 is 0 Å². The van der Waals surface area contributed by atoms with Crippen LogP contribution in [0.1, 0.15) is 31.0 Å². The Balaban J connectivity index is 2.91. The molecule has 0 saturated carbocycles. The van der Waals surface area contributed by atoms with Crippen molar-refractivity contribution in [3.05, 3.63) is 35.1 Å². The number of rotatable bonds is 4. The minimum absolute atomic E-state index is 0.0185. The molecule has 0 spiro atoms. The van der Waals surface area contributed by atoms with Crippen LogP contribution in [0.2, 0.25) is 0 Å². The molecule has 0 fully saturated rings. The van der Waals surface area contributed by atoms with Gasteiger partial charge in [0.15, 0.2) is 0 Å². The van der Waals surface area contributed by atoms with Crippen LogP contribution in [0.15, 0.2) is 18.2 Å². The van der Waals surface area contributed by atoms with Crippen molar-refractivity contribution in [3.8, 4) is 0 Å². The van der Waals surface area contributed by atoms with Crippen LogP contribution >= 0.6 is 0 Å². The van der Waals surface area contributed by atoms with Crippen LogP contribution < -0.4 is 5.32 Å². The predicted molar refractivity (Wildman–Crippen MR) is 59.2 cm³/mol. The molecule has 0 aliphatic rings. The second-order valence-electron chi connectivity index (χ2n) is 4.06. The van der Waals surface area contributed by atoms with Crippen molar-refractivity contribution in [1.29, 1.82) is 0 Å². The first-order valence-electron chi connectivity index (χ1n) is 5.17. The van der Waals surface area contributed by atoms with Gasteiger partial charge >= 0.3 is 0 Å². The quantitative estimate of drug-likeness (QED) is 0.800. The average Bonchev–Trinajstić information content (AvgIpc) is 2.14. The lowest BCUT2D eigenvalue weighted by Crippen LogP contribution is -2.31. The standard InChI is InChI=1S/C12H18FNO/c1-8(2)14-12(7-15)11-5-4-10(13)6-9(11)3/h4-6,8,12,14-15H,7H2,1-3H3. The SMILES string of the molecule is Cc1cc(F)ccc1C(CO)NC(C)C. The third-order valence-corrected chi connectivity index (χ3v) is 2.32. The van der Waals surface area contributed by atoms with Crippen molar-refractivity contribution in [3.63, 3.8) is 0 Å². The molecule has 0 saturated heterocycles. The van der Waals surface area contributed by atoms with Gasteiger partial charge in [-0.15, -0.1) is 0 Å². The summed E-state index contributed by atoms with van der Waals surface area (Å²) in [7, 11) is 0. The van der Waals surface area contributed by atoms with Gasteiger partial charge in [-0.3, -0.25) is 0 Å². The average molecular weight is 211 g/mol. The molecule has 15 heavy (non-hydrogen) atoms. The van der Waals surface area contributed by atoms with Crippen molar-refractivity contribution < 1.29 is 9.50 Å². The predicted octanol–water partition coefficient (Wildman–Crippen LogP) is 2.17. The Morgan fingerprint density at radius 2 is 2.07 bits per heavy atom. The van der Waals surface area contributed by atoms with Gasteiger partial charge in [-0.05, 0) is 30.2 Å². The first-order chi connectivity index (χ1) is 7.04. The molecule has 84 valence electrons. The van der Waals surface area contributed by atoms with Gasteiger partial charge in [0.1, 0.15) is 5.82 Å². The largest absolute Gasteiger partial charge is 0.394 e. The number of aryl methyl sites for hydroxylation is 1. The Hall–Kier alpha value is -0.930. The number of aliphatic hydroxyl groups excluding tert-OH is 1. The molecule has 1 aromatic rings. The highest BCUT2D eigenvalue weighted by atomic mass is 19.1. The summed E-state index contributed by atoms with van der Waals surface area (Å²) in [6.07, 6.45) is 0. The highest BCUT2D eigenvalue weighted by Crippen LogP contribution is 2.18. The van der Waals surface area contributed by atoms with Gasteiger partial charge in [0.25, 0.3) is 0 Å². The topological polar surface area (TPSA) is 32.3 Å². The molecule has 1 aromatic carbocycles. The van der Waals surface area contributed by atoms with E-state index in [1.165, 1.54) is 12.1 Å². The molecule has 0 aliphatic carbocycles. The van der Waals surface area contributed by atoms with Gasteiger partial charge in [-0.25, -0.2) is 4.39 Å². The molecule has 0 amide bonds. The lowest BCUT2D eigenvalue weighted by atomic mass is 10.0. The summed E-state index contributed by atoms with van der Waals surface area (Å²) < 4.78 is 12.9. The zero-order chi connectivity index (χ0) is 11.4. The van der Waals surface area contributed by atoms with Crippen molar-refractivity contribution in [2.75, 3.05) is 6.61 Å². The summed E-state index contributed by atoms with van der Waals surface area (Å²) in [6.45, 7) is 5.90. The van der Waals surface area contributed by atoms with Gasteiger partial charge in [0.2, 0.25) is 0 Å². The molecule has 2 nitrogen and oxygen atoms in total. The fraction of sp³-hybridized carbons (Fsp3) is 0.500. The Bertz CT molecular complexity index is 325. The molecule has 1 atom stereocenters. The lowest BCUT2D eigenvalue weighted by molar-refractivity contribution is 0.237. The zero-order valence-corrected chi connectivity index (χ0v) is 9.42. The van der Waals surface area contributed by atoms with E-state index in [9.17, 15) is 9.50 Å². The smallest absolute Gasteiger partial charge is 0.123 e. The molecule has 0 aromatic heterocycles. The number of aliphatic hydroxyl groups is 1. The maximum Gasteiger partial charge on any atom is 0.123 e. The van der Waals surface area contributed by atoms with Crippen LogP contribution in [0.3, 0.4) is 0 Å². The van der Waals surface area contributed by atoms with E-state index in [-0.39, 0.29) is 24.5 Å². The van der Waals surface area contributed by atoms with E-state index in [2.05, 4.69) is 5.32 Å². The van der Waals surface area contributed by atoms with Gasteiger partial charge in [-0.1, -0.05) is 19.9 Å². The zero-order valence-electron chi connectivity index (χ0n) is 9.42. The lowest BCUT2D eigenvalue weighted by Gasteiger charge is -2.21. The highest BCUT2D eigenvalue weighted by molar-refractivity contribution is 5.29. The summed E-state index contributed by atoms with van der Waals surface area (Å²) in [5.74, 6) is -0.238. The molecule has 2 N–H and O–H groups in total. The number of benzene rings is 1. The maximum absolute atomic E-state index is 12.9. The Morgan fingerprint density at radius 3 is 2.53 bits per heavy atom. The van der Waals surface area contributed by atoms with Gasteiger partial charge in [0.05, 0.1) is 12.6 Å². The Kier molecular flexibility index (Phi) is 4.24. The second kappa shape index (κ2) is 5.24. The Labute approximate surface area is 90.1 Å². The van der Waals surface area contributed by atoms with E-state index in [1.807, 2.05) is 20.8 Å². The van der Waals surface area contributed by atoms with E-state index in [0.29, 0.717) is 0 Å². The van der Waals surface area contributed by atoms with Crippen molar-refractivity contribution in [1.82, 2.24) is 5.32 Å². The highest BCUT2D eigenvalue weighted by Gasteiger charge is 2.13. The second-order valence-corrected chi connectivity index (χ2v) is 4.06. The van der Waals surface area contributed by atoms with Crippen molar-refractivity contribution in [2.45, 2.75) is 32.9 Å². The minimum Gasteiger partial charge on any atom is -0.394 e. The maximum atomic E-state index is 12.9. The normalized spacial score (nSPS) is 13.2. The third-order valence-electron chi connectivity index (χ3n) is 2.32. The van der Waals surface area contributed by atoms with Crippen LogP contribution in [0.25, 0.3) is 0 Å². The first-order valence-corrected chi connectivity index (χ1v) is 5.17. The van der Waals surface area contributed by atoms with Crippen LogP contribution in [0, 0.1) is 12.7 Å². The van der Waals surface area contributed by atoms with Gasteiger partial charge in [0, 0.05) is 6.04 Å². The molecule has 3 heteroatoms. The number of hydrogen-bond acceptors (Lipinski definition) is 2. The van der Waals surface area contributed by atoms with E-state index < -0.39 is 0 Å². The summed E-state index contributed by atoms with van der Waals surface area (Å²) >= 11 is 0. The van der Waals surface area contributed by atoms with Crippen molar-refractivity contribution in [2.24, 2.45) is 0 Å². The van der Waals surface area contributed by atoms with E-state index in [4.69, 9.17) is 0 Å². The summed E-state index contributed by atoms with van der Waals surface area (Å²) in [4.78, 5) is 0. The van der Waals surface area contributed by atoms with Gasteiger partial charge < -0.3 is 10.4 Å². The van der Waals surface area contributed by atoms with Crippen LogP contribution in [-0.2, 0) is 0 Å². The summed E-state index contributed by atoms with van der Waals surface area (Å²) in [5.41, 5.74) is 1.81. The van der Waals surface area contributed by atoms with Gasteiger partial charge in [-0.2, -0.15) is 0 Å². The number of halogens is 1. The number of nitrogens with one attached hydrogen (secondary N) is 1. The molecular weight excluding hydrogens is 193 g/mol. The van der Waals surface area contributed by atoms with E-state index in [1.54, 1.807) is 6.07 Å². The van der Waals surface area contributed by atoms with Crippen LogP contribution in [0.5, 0.6) is 0 Å². The molecule has 0 heterocycles. The summed E-state index contributed by atoms with van der Waals surface area (Å²) in [6, 6.07) is 4.80. The third kappa shape index (κ3) is 3.29. The van der Waals surface area contributed by atoms with E-state index >= 15 is 0 Å². The molecular formula is C12H18FNO. The summed E-state index contributed by atoms with van der Waals surface area (Å²) in [5, 5.41) is 12.5. The molecule has 0 bridgehead atoms. The molecule has 1 unspecified atom stereocenters.